The third kappa shape index (κ3) is 7.23. The smallest absolute Gasteiger partial charge is 0.426 e. The van der Waals surface area contributed by atoms with Crippen molar-refractivity contribution in [2.24, 2.45) is 0 Å². The lowest BCUT2D eigenvalue weighted by Crippen LogP contribution is -2.48. The second-order valence-corrected chi connectivity index (χ2v) is 6.57. The van der Waals surface area contributed by atoms with Crippen LogP contribution in [0, 0.1) is 0 Å². The first-order valence-corrected chi connectivity index (χ1v) is 9.23. The minimum atomic E-state index is -4.53. The molecule has 0 saturated carbocycles. The van der Waals surface area contributed by atoms with Crippen LogP contribution in [0.25, 0.3) is 5.57 Å². The van der Waals surface area contributed by atoms with Gasteiger partial charge in [0.15, 0.2) is 5.82 Å². The van der Waals surface area contributed by atoms with Gasteiger partial charge in [-0.05, 0) is 18.1 Å². The quantitative estimate of drug-likeness (QED) is 0.391. The number of allylic oxidation sites excluding steroid dienone is 4. The minimum absolute atomic E-state index is 0.0978. The molecule has 1 aromatic carbocycles. The van der Waals surface area contributed by atoms with E-state index in [1.165, 1.54) is 24.3 Å². The molecule has 0 radical (unpaired) electrons. The fourth-order valence-electron chi connectivity index (χ4n) is 2.69. The van der Waals surface area contributed by atoms with Crippen molar-refractivity contribution < 1.29 is 32.5 Å². The number of benzene rings is 1. The van der Waals surface area contributed by atoms with Crippen LogP contribution >= 0.6 is 0 Å². The molecule has 164 valence electrons. The standard InChI is InChI=1S/C20H21BF3N3O4/c1-3-6-14(4-2)19-26-17(27-31-19)9-10-18(28)25-16(21(29)30)12-13-7-5-8-15(11-13)20(22,23)24/h3-8,11,16,29-30H,1-2,9-10,12H2,(H,25,28)/b14-6+. The van der Waals surface area contributed by atoms with Gasteiger partial charge in [-0.25, -0.2) is 0 Å². The van der Waals surface area contributed by atoms with Gasteiger partial charge in [-0.15, -0.1) is 0 Å². The molecule has 1 amide bonds. The first-order valence-electron chi connectivity index (χ1n) is 9.23. The Bertz CT molecular complexity index is 957. The zero-order valence-corrected chi connectivity index (χ0v) is 16.5. The van der Waals surface area contributed by atoms with Gasteiger partial charge in [0, 0.05) is 18.4 Å². The van der Waals surface area contributed by atoms with Gasteiger partial charge >= 0.3 is 13.3 Å². The van der Waals surface area contributed by atoms with E-state index in [9.17, 15) is 28.0 Å². The topological polar surface area (TPSA) is 108 Å². The Morgan fingerprint density at radius 1 is 1.32 bits per heavy atom. The van der Waals surface area contributed by atoms with Crippen molar-refractivity contribution >= 4 is 18.6 Å². The first kappa shape index (κ1) is 24.1. The average Bonchev–Trinajstić information content (AvgIpc) is 3.18. The number of halogens is 3. The van der Waals surface area contributed by atoms with Gasteiger partial charge in [-0.3, -0.25) is 4.79 Å². The third-order valence-corrected chi connectivity index (χ3v) is 4.22. The van der Waals surface area contributed by atoms with Crippen LogP contribution in [0.2, 0.25) is 0 Å². The summed E-state index contributed by atoms with van der Waals surface area (Å²) in [6.07, 6.45) is -0.0636. The summed E-state index contributed by atoms with van der Waals surface area (Å²) in [5, 5.41) is 25.2. The van der Waals surface area contributed by atoms with Crippen molar-refractivity contribution in [1.29, 1.82) is 0 Å². The molecular formula is C20H21BF3N3O4. The Balaban J connectivity index is 1.98. The molecule has 7 nitrogen and oxygen atoms in total. The summed E-state index contributed by atoms with van der Waals surface area (Å²) in [6, 6.07) is 4.43. The van der Waals surface area contributed by atoms with E-state index in [4.69, 9.17) is 4.52 Å². The van der Waals surface area contributed by atoms with E-state index in [2.05, 4.69) is 28.6 Å². The molecule has 0 bridgehead atoms. The SMILES string of the molecule is C=C/C=C(\C=C)c1nc(CCC(=O)NC(Cc2cccc(C(F)(F)F)c2)B(O)O)no1. The molecule has 0 fully saturated rings. The van der Waals surface area contributed by atoms with E-state index >= 15 is 0 Å². The molecule has 1 unspecified atom stereocenters. The maximum absolute atomic E-state index is 12.9. The molecule has 2 rings (SSSR count). The Morgan fingerprint density at radius 2 is 2.06 bits per heavy atom. The Hall–Kier alpha value is -3.18. The molecule has 3 N–H and O–H groups in total. The highest BCUT2D eigenvalue weighted by Gasteiger charge is 2.31. The number of nitrogens with zero attached hydrogens (tertiary/aromatic N) is 2. The molecule has 0 spiro atoms. The molecule has 1 aromatic heterocycles. The van der Waals surface area contributed by atoms with Crippen molar-refractivity contribution in [1.82, 2.24) is 15.5 Å². The van der Waals surface area contributed by atoms with Crippen LogP contribution in [0.15, 0.2) is 60.2 Å². The third-order valence-electron chi connectivity index (χ3n) is 4.22. The van der Waals surface area contributed by atoms with Crippen molar-refractivity contribution in [2.75, 3.05) is 0 Å². The van der Waals surface area contributed by atoms with E-state index in [0.717, 1.165) is 12.1 Å². The number of aryl methyl sites for hydroxylation is 1. The normalized spacial score (nSPS) is 12.9. The highest BCUT2D eigenvalue weighted by atomic mass is 19.4. The maximum Gasteiger partial charge on any atom is 0.475 e. The van der Waals surface area contributed by atoms with E-state index in [1.807, 2.05) is 0 Å². The highest BCUT2D eigenvalue weighted by molar-refractivity contribution is 6.43. The summed E-state index contributed by atoms with van der Waals surface area (Å²) in [7, 11) is -1.96. The zero-order valence-electron chi connectivity index (χ0n) is 16.5. The van der Waals surface area contributed by atoms with Crippen LogP contribution in [0.3, 0.4) is 0 Å². The van der Waals surface area contributed by atoms with E-state index in [1.54, 1.807) is 6.08 Å². The van der Waals surface area contributed by atoms with Gasteiger partial charge in [0.25, 0.3) is 5.89 Å². The van der Waals surface area contributed by atoms with E-state index in [-0.39, 0.29) is 36.5 Å². The molecule has 0 aliphatic carbocycles. The van der Waals surface area contributed by atoms with Crippen LogP contribution in [-0.2, 0) is 23.8 Å². The number of hydrogen-bond acceptors (Lipinski definition) is 6. The lowest BCUT2D eigenvalue weighted by atomic mass is 9.75. The number of alkyl halides is 3. The van der Waals surface area contributed by atoms with Gasteiger partial charge in [0.1, 0.15) is 0 Å². The second kappa shape index (κ2) is 10.7. The maximum atomic E-state index is 12.9. The molecule has 0 aliphatic rings. The van der Waals surface area contributed by atoms with Gasteiger partial charge in [0.05, 0.1) is 11.5 Å². The Labute approximate surface area is 177 Å². The summed E-state index contributed by atoms with van der Waals surface area (Å²) >= 11 is 0. The highest BCUT2D eigenvalue weighted by Crippen LogP contribution is 2.29. The number of carbonyl (C=O) groups excluding carboxylic acids is 1. The fourth-order valence-corrected chi connectivity index (χ4v) is 2.69. The molecule has 1 heterocycles. The molecular weight excluding hydrogens is 414 g/mol. The van der Waals surface area contributed by atoms with Crippen LogP contribution in [0.4, 0.5) is 13.2 Å². The van der Waals surface area contributed by atoms with Crippen molar-refractivity contribution in [3.05, 3.63) is 78.5 Å². The molecule has 11 heteroatoms. The van der Waals surface area contributed by atoms with Gasteiger partial charge < -0.3 is 19.9 Å². The predicted octanol–water partition coefficient (Wildman–Crippen LogP) is 2.52. The summed E-state index contributed by atoms with van der Waals surface area (Å²) in [6.45, 7) is 7.19. The van der Waals surface area contributed by atoms with Gasteiger partial charge in [-0.1, -0.05) is 54.7 Å². The summed E-state index contributed by atoms with van der Waals surface area (Å²) in [4.78, 5) is 16.3. The number of rotatable bonds is 10. The van der Waals surface area contributed by atoms with Crippen LogP contribution in [0.1, 0.15) is 29.3 Å². The second-order valence-electron chi connectivity index (χ2n) is 6.57. The number of nitrogens with one attached hydrogen (secondary N) is 1. The minimum Gasteiger partial charge on any atom is -0.426 e. The predicted molar refractivity (Wildman–Crippen MR) is 108 cm³/mol. The Kier molecular flexibility index (Phi) is 8.34. The van der Waals surface area contributed by atoms with Crippen LogP contribution < -0.4 is 5.32 Å². The van der Waals surface area contributed by atoms with Gasteiger partial charge in [-0.2, -0.15) is 18.2 Å². The molecule has 31 heavy (non-hydrogen) atoms. The largest absolute Gasteiger partial charge is 0.475 e. The van der Waals surface area contributed by atoms with Crippen LogP contribution in [-0.4, -0.2) is 39.2 Å². The summed E-state index contributed by atoms with van der Waals surface area (Å²) in [5.74, 6) is -1.29. The number of amides is 1. The monoisotopic (exact) mass is 435 g/mol. The Morgan fingerprint density at radius 3 is 2.68 bits per heavy atom. The number of hydrogen-bond donors (Lipinski definition) is 3. The summed E-state index contributed by atoms with van der Waals surface area (Å²) in [5.41, 5.74) is -0.107. The van der Waals surface area contributed by atoms with E-state index < -0.39 is 30.7 Å². The molecule has 1 atom stereocenters. The number of carbonyl (C=O) groups is 1. The van der Waals surface area contributed by atoms with Crippen molar-refractivity contribution in [3.63, 3.8) is 0 Å². The lowest BCUT2D eigenvalue weighted by molar-refractivity contribution is -0.137. The van der Waals surface area contributed by atoms with Crippen LogP contribution in [0.5, 0.6) is 0 Å². The van der Waals surface area contributed by atoms with E-state index in [0.29, 0.717) is 5.57 Å². The average molecular weight is 435 g/mol. The molecule has 0 aliphatic heterocycles. The molecule has 2 aromatic rings. The van der Waals surface area contributed by atoms with Crippen molar-refractivity contribution in [3.8, 4) is 0 Å². The number of aromatic nitrogens is 2. The first-order chi connectivity index (χ1) is 14.6. The zero-order chi connectivity index (χ0) is 23.0. The lowest BCUT2D eigenvalue weighted by Gasteiger charge is -2.18. The fraction of sp³-hybridized carbons (Fsp3) is 0.250. The van der Waals surface area contributed by atoms with Gasteiger partial charge in [0.2, 0.25) is 5.91 Å². The summed E-state index contributed by atoms with van der Waals surface area (Å²) < 4.78 is 43.6. The van der Waals surface area contributed by atoms with Crippen molar-refractivity contribution in [2.45, 2.75) is 31.4 Å². The molecule has 0 saturated heterocycles.